The van der Waals surface area contributed by atoms with E-state index in [1.165, 1.54) is 12.8 Å². The quantitative estimate of drug-likeness (QED) is 0.596. The van der Waals surface area contributed by atoms with Crippen LogP contribution in [-0.4, -0.2) is 24.9 Å². The van der Waals surface area contributed by atoms with Gasteiger partial charge in [-0.05, 0) is 19.8 Å². The third-order valence-corrected chi connectivity index (χ3v) is 3.85. The van der Waals surface area contributed by atoms with Crippen molar-refractivity contribution in [2.45, 2.75) is 43.1 Å². The third kappa shape index (κ3) is 2.70. The average Bonchev–Trinajstić information content (AvgIpc) is 3.04. The minimum Gasteiger partial charge on any atom is -0.338 e. The van der Waals surface area contributed by atoms with E-state index in [0.29, 0.717) is 23.4 Å². The Morgan fingerprint density at radius 3 is 2.95 bits per heavy atom. The maximum atomic E-state index is 5.09. The third-order valence-electron chi connectivity index (χ3n) is 2.89. The minimum atomic E-state index is 0.576. The first-order chi connectivity index (χ1) is 9.28. The first-order valence-corrected chi connectivity index (χ1v) is 7.22. The first-order valence-electron chi connectivity index (χ1n) is 6.24. The predicted molar refractivity (Wildman–Crippen MR) is 70.8 cm³/mol. The van der Waals surface area contributed by atoms with Crippen LogP contribution in [0.3, 0.4) is 0 Å². The van der Waals surface area contributed by atoms with Crippen LogP contribution in [-0.2, 0) is 12.3 Å². The molecule has 6 nitrogen and oxygen atoms in total. The molecule has 0 aromatic carbocycles. The van der Waals surface area contributed by atoms with Gasteiger partial charge in [-0.15, -0.1) is 16.8 Å². The number of thioether (sulfide) groups is 1. The summed E-state index contributed by atoms with van der Waals surface area (Å²) in [4.78, 5) is 4.18. The van der Waals surface area contributed by atoms with E-state index in [9.17, 15) is 0 Å². The monoisotopic (exact) mass is 277 g/mol. The molecule has 1 saturated carbocycles. The Kier molecular flexibility index (Phi) is 3.37. The highest BCUT2D eigenvalue weighted by Crippen LogP contribution is 2.40. The lowest BCUT2D eigenvalue weighted by atomic mass is 10.4. The van der Waals surface area contributed by atoms with E-state index < -0.39 is 0 Å². The van der Waals surface area contributed by atoms with Gasteiger partial charge in [-0.1, -0.05) is 23.0 Å². The zero-order valence-corrected chi connectivity index (χ0v) is 11.6. The average molecular weight is 277 g/mol. The van der Waals surface area contributed by atoms with Crippen LogP contribution in [0.25, 0.3) is 0 Å². The van der Waals surface area contributed by atoms with Crippen molar-refractivity contribution in [3.8, 4) is 0 Å². The maximum Gasteiger partial charge on any atom is 0.237 e. The van der Waals surface area contributed by atoms with Crippen molar-refractivity contribution < 1.29 is 4.52 Å². The van der Waals surface area contributed by atoms with Gasteiger partial charge in [0, 0.05) is 12.5 Å². The number of aromatic nitrogens is 5. The summed E-state index contributed by atoms with van der Waals surface area (Å²) in [6.45, 7) is 6.34. The fourth-order valence-electron chi connectivity index (χ4n) is 1.88. The number of hydrogen-bond acceptors (Lipinski definition) is 6. The molecule has 0 atom stereocenters. The zero-order chi connectivity index (χ0) is 13.2. The highest BCUT2D eigenvalue weighted by atomic mass is 32.2. The summed E-state index contributed by atoms with van der Waals surface area (Å²) >= 11 is 1.56. The summed E-state index contributed by atoms with van der Waals surface area (Å²) in [5, 5.41) is 13.2. The van der Waals surface area contributed by atoms with Gasteiger partial charge in [0.1, 0.15) is 5.82 Å². The molecule has 0 aliphatic heterocycles. The first kappa shape index (κ1) is 12.4. The molecule has 2 aromatic rings. The van der Waals surface area contributed by atoms with E-state index in [0.717, 1.165) is 17.5 Å². The second kappa shape index (κ2) is 5.16. The van der Waals surface area contributed by atoms with Gasteiger partial charge in [-0.3, -0.25) is 0 Å². The Morgan fingerprint density at radius 2 is 2.32 bits per heavy atom. The van der Waals surface area contributed by atoms with Crippen LogP contribution in [0.1, 0.15) is 36.3 Å². The minimum absolute atomic E-state index is 0.576. The van der Waals surface area contributed by atoms with Gasteiger partial charge in [0.25, 0.3) is 0 Å². The molecular formula is C12H15N5OS. The van der Waals surface area contributed by atoms with Gasteiger partial charge in [0.2, 0.25) is 5.89 Å². The molecule has 0 amide bonds. The fraction of sp³-hybridized carbons (Fsp3) is 0.500. The molecule has 1 aliphatic rings. The SMILES string of the molecule is C=CCn1c(SCc2nc(C)no2)nnc1C1CC1. The summed E-state index contributed by atoms with van der Waals surface area (Å²) in [6.07, 6.45) is 4.29. The summed E-state index contributed by atoms with van der Waals surface area (Å²) in [5.74, 6) is 3.53. The number of aryl methyl sites for hydroxylation is 1. The molecule has 0 bridgehead atoms. The Bertz CT molecular complexity index is 587. The molecule has 1 aliphatic carbocycles. The molecule has 0 unspecified atom stereocenters. The number of hydrogen-bond donors (Lipinski definition) is 0. The van der Waals surface area contributed by atoms with Crippen molar-refractivity contribution in [3.05, 3.63) is 30.2 Å². The van der Waals surface area contributed by atoms with Gasteiger partial charge < -0.3 is 9.09 Å². The van der Waals surface area contributed by atoms with Gasteiger partial charge in [-0.25, -0.2) is 0 Å². The van der Waals surface area contributed by atoms with Crippen LogP contribution in [0.2, 0.25) is 0 Å². The number of nitrogens with zero attached hydrogens (tertiary/aromatic N) is 5. The van der Waals surface area contributed by atoms with Crippen LogP contribution in [0, 0.1) is 6.92 Å². The highest BCUT2D eigenvalue weighted by molar-refractivity contribution is 7.98. The predicted octanol–water partition coefficient (Wildman–Crippen LogP) is 2.33. The molecule has 0 saturated heterocycles. The molecule has 0 radical (unpaired) electrons. The second-order valence-corrected chi connectivity index (χ2v) is 5.48. The van der Waals surface area contributed by atoms with E-state index in [-0.39, 0.29) is 0 Å². The molecule has 1 fully saturated rings. The zero-order valence-electron chi connectivity index (χ0n) is 10.7. The molecule has 3 rings (SSSR count). The molecule has 2 heterocycles. The molecule has 0 N–H and O–H groups in total. The summed E-state index contributed by atoms with van der Waals surface area (Å²) < 4.78 is 7.22. The lowest BCUT2D eigenvalue weighted by Gasteiger charge is -2.05. The smallest absolute Gasteiger partial charge is 0.237 e. The second-order valence-electron chi connectivity index (χ2n) is 4.54. The van der Waals surface area contributed by atoms with Gasteiger partial charge in [0.05, 0.1) is 5.75 Å². The van der Waals surface area contributed by atoms with Crippen LogP contribution < -0.4 is 0 Å². The molecule has 0 spiro atoms. The van der Waals surface area contributed by atoms with E-state index in [1.54, 1.807) is 11.8 Å². The topological polar surface area (TPSA) is 69.6 Å². The van der Waals surface area contributed by atoms with E-state index in [1.807, 2.05) is 13.0 Å². The van der Waals surface area contributed by atoms with Crippen molar-refractivity contribution in [2.24, 2.45) is 0 Å². The van der Waals surface area contributed by atoms with E-state index in [4.69, 9.17) is 4.52 Å². The van der Waals surface area contributed by atoms with E-state index in [2.05, 4.69) is 31.5 Å². The molecule has 19 heavy (non-hydrogen) atoms. The van der Waals surface area contributed by atoms with Crippen LogP contribution >= 0.6 is 11.8 Å². The molecule has 100 valence electrons. The lowest BCUT2D eigenvalue weighted by Crippen LogP contribution is -2.02. The number of allylic oxidation sites excluding steroid dienone is 1. The maximum absolute atomic E-state index is 5.09. The largest absolute Gasteiger partial charge is 0.338 e. The normalized spacial score (nSPS) is 14.8. The fourth-order valence-corrected chi connectivity index (χ4v) is 2.67. The summed E-state index contributed by atoms with van der Waals surface area (Å²) in [7, 11) is 0. The summed E-state index contributed by atoms with van der Waals surface area (Å²) in [6, 6.07) is 0. The van der Waals surface area contributed by atoms with Crippen molar-refractivity contribution in [2.75, 3.05) is 0 Å². The van der Waals surface area contributed by atoms with Crippen LogP contribution in [0.5, 0.6) is 0 Å². The molecule has 7 heteroatoms. The van der Waals surface area contributed by atoms with Crippen molar-refractivity contribution in [1.82, 2.24) is 24.9 Å². The standard InChI is InChI=1S/C12H15N5OS/c1-3-6-17-11(9-4-5-9)14-15-12(17)19-7-10-13-8(2)16-18-10/h3,9H,1,4-7H2,2H3. The Balaban J connectivity index is 1.74. The number of rotatable bonds is 6. The lowest BCUT2D eigenvalue weighted by molar-refractivity contribution is 0.387. The van der Waals surface area contributed by atoms with Crippen molar-refractivity contribution in [3.63, 3.8) is 0 Å². The van der Waals surface area contributed by atoms with Crippen LogP contribution in [0.15, 0.2) is 22.3 Å². The van der Waals surface area contributed by atoms with Gasteiger partial charge in [-0.2, -0.15) is 4.98 Å². The summed E-state index contributed by atoms with van der Waals surface area (Å²) in [5.41, 5.74) is 0. The highest BCUT2D eigenvalue weighted by Gasteiger charge is 2.30. The Hall–Kier alpha value is -1.63. The molecule has 2 aromatic heterocycles. The Morgan fingerprint density at radius 1 is 1.47 bits per heavy atom. The van der Waals surface area contributed by atoms with Crippen molar-refractivity contribution >= 4 is 11.8 Å². The van der Waals surface area contributed by atoms with Crippen molar-refractivity contribution in [1.29, 1.82) is 0 Å². The van der Waals surface area contributed by atoms with Gasteiger partial charge >= 0.3 is 0 Å². The van der Waals surface area contributed by atoms with Gasteiger partial charge in [0.15, 0.2) is 11.0 Å². The molecular weight excluding hydrogens is 262 g/mol. The van der Waals surface area contributed by atoms with E-state index >= 15 is 0 Å². The van der Waals surface area contributed by atoms with Crippen LogP contribution in [0.4, 0.5) is 0 Å². The Labute approximate surface area is 115 Å².